The second kappa shape index (κ2) is 8.16. The molecule has 0 bridgehead atoms. The molecule has 0 aromatic heterocycles. The Morgan fingerprint density at radius 1 is 1.33 bits per heavy atom. The van der Waals surface area contributed by atoms with Gasteiger partial charge in [0.1, 0.15) is 5.25 Å². The number of carboxylic acids is 1. The Balaban J connectivity index is 2.39. The van der Waals surface area contributed by atoms with E-state index in [-0.39, 0.29) is 5.25 Å². The molecule has 0 heterocycles. The van der Waals surface area contributed by atoms with Crippen molar-refractivity contribution in [3.63, 3.8) is 0 Å². The summed E-state index contributed by atoms with van der Waals surface area (Å²) < 4.78 is 0. The van der Waals surface area contributed by atoms with Crippen LogP contribution in [0, 0.1) is 0 Å². The maximum absolute atomic E-state index is 11.2. The fourth-order valence-electron chi connectivity index (χ4n) is 1.65. The van der Waals surface area contributed by atoms with Gasteiger partial charge in [0.2, 0.25) is 0 Å². The highest BCUT2D eigenvalue weighted by Gasteiger charge is 2.17. The molecule has 100 valence electrons. The molecule has 18 heavy (non-hydrogen) atoms. The lowest BCUT2D eigenvalue weighted by molar-refractivity contribution is -0.136. The van der Waals surface area contributed by atoms with Crippen LogP contribution in [0.15, 0.2) is 30.3 Å². The van der Waals surface area contributed by atoms with Crippen molar-refractivity contribution in [2.24, 2.45) is 0 Å². The summed E-state index contributed by atoms with van der Waals surface area (Å²) in [6.07, 6.45) is 1.62. The number of benzene rings is 1. The molecule has 1 aromatic rings. The molecule has 0 saturated carbocycles. The fourth-order valence-corrected chi connectivity index (χ4v) is 2.69. The van der Waals surface area contributed by atoms with Gasteiger partial charge in [-0.15, -0.1) is 11.8 Å². The SMILES string of the molecule is CN(C)CCCSC(Cc1ccccc1)C(=O)O. The molecule has 0 aliphatic carbocycles. The van der Waals surface area contributed by atoms with Gasteiger partial charge in [0.05, 0.1) is 0 Å². The Morgan fingerprint density at radius 3 is 2.56 bits per heavy atom. The highest BCUT2D eigenvalue weighted by Crippen LogP contribution is 2.18. The van der Waals surface area contributed by atoms with E-state index in [1.807, 2.05) is 44.4 Å². The van der Waals surface area contributed by atoms with E-state index in [4.69, 9.17) is 0 Å². The van der Waals surface area contributed by atoms with Gasteiger partial charge in [0.25, 0.3) is 0 Å². The van der Waals surface area contributed by atoms with Gasteiger partial charge in [-0.25, -0.2) is 0 Å². The third-order valence-corrected chi connectivity index (χ3v) is 3.90. The van der Waals surface area contributed by atoms with E-state index in [9.17, 15) is 9.90 Å². The smallest absolute Gasteiger partial charge is 0.316 e. The minimum atomic E-state index is -0.714. The second-order valence-corrected chi connectivity index (χ2v) is 5.85. The fraction of sp³-hybridized carbons (Fsp3) is 0.500. The zero-order chi connectivity index (χ0) is 13.4. The van der Waals surface area contributed by atoms with Gasteiger partial charge >= 0.3 is 5.97 Å². The summed E-state index contributed by atoms with van der Waals surface area (Å²) in [5.74, 6) is 0.177. The molecule has 0 amide bonds. The average Bonchev–Trinajstić information content (AvgIpc) is 2.33. The zero-order valence-corrected chi connectivity index (χ0v) is 11.8. The van der Waals surface area contributed by atoms with Crippen molar-refractivity contribution in [1.82, 2.24) is 4.90 Å². The first-order chi connectivity index (χ1) is 8.59. The first-order valence-electron chi connectivity index (χ1n) is 6.12. The van der Waals surface area contributed by atoms with Crippen LogP contribution in [0.4, 0.5) is 0 Å². The lowest BCUT2D eigenvalue weighted by atomic mass is 10.1. The van der Waals surface area contributed by atoms with E-state index < -0.39 is 5.97 Å². The Morgan fingerprint density at radius 2 is 2.00 bits per heavy atom. The summed E-state index contributed by atoms with van der Waals surface area (Å²) >= 11 is 1.54. The summed E-state index contributed by atoms with van der Waals surface area (Å²) in [6.45, 7) is 1.00. The molecule has 0 aliphatic rings. The molecule has 1 unspecified atom stereocenters. The first-order valence-corrected chi connectivity index (χ1v) is 7.17. The van der Waals surface area contributed by atoms with E-state index in [1.165, 1.54) is 0 Å². The van der Waals surface area contributed by atoms with Crippen molar-refractivity contribution in [3.05, 3.63) is 35.9 Å². The van der Waals surface area contributed by atoms with Crippen molar-refractivity contribution in [2.75, 3.05) is 26.4 Å². The van der Waals surface area contributed by atoms with Crippen LogP contribution < -0.4 is 0 Å². The van der Waals surface area contributed by atoms with Gasteiger partial charge in [-0.05, 0) is 44.8 Å². The molecule has 0 spiro atoms. The van der Waals surface area contributed by atoms with Crippen molar-refractivity contribution < 1.29 is 9.90 Å². The van der Waals surface area contributed by atoms with Crippen LogP contribution in [0.25, 0.3) is 0 Å². The third-order valence-electron chi connectivity index (χ3n) is 2.61. The number of carboxylic acid groups (broad SMARTS) is 1. The topological polar surface area (TPSA) is 40.5 Å². The molecule has 0 aliphatic heterocycles. The van der Waals surface area contributed by atoms with E-state index in [1.54, 1.807) is 11.8 Å². The number of rotatable bonds is 8. The number of nitrogens with zero attached hydrogens (tertiary/aromatic N) is 1. The van der Waals surface area contributed by atoms with Gasteiger partial charge in [-0.3, -0.25) is 4.79 Å². The third kappa shape index (κ3) is 6.07. The van der Waals surface area contributed by atoms with Crippen molar-refractivity contribution >= 4 is 17.7 Å². The van der Waals surface area contributed by atoms with Gasteiger partial charge in [-0.1, -0.05) is 30.3 Å². The van der Waals surface area contributed by atoms with E-state index in [0.717, 1.165) is 24.3 Å². The monoisotopic (exact) mass is 267 g/mol. The molecule has 0 fully saturated rings. The number of aliphatic carboxylic acids is 1. The zero-order valence-electron chi connectivity index (χ0n) is 11.0. The van der Waals surface area contributed by atoms with Crippen LogP contribution in [0.2, 0.25) is 0 Å². The first kappa shape index (κ1) is 15.1. The Bertz CT molecular complexity index is 354. The standard InChI is InChI=1S/C14H21NO2S/c1-15(2)9-6-10-18-13(14(16)17)11-12-7-4-3-5-8-12/h3-5,7-8,13H,6,9-11H2,1-2H3,(H,16,17). The predicted octanol–water partition coefficient (Wildman–Crippen LogP) is 2.37. The maximum Gasteiger partial charge on any atom is 0.316 e. The molecule has 1 atom stereocenters. The summed E-state index contributed by atoms with van der Waals surface area (Å²) in [5, 5.41) is 8.87. The highest BCUT2D eigenvalue weighted by molar-refractivity contribution is 8.00. The van der Waals surface area contributed by atoms with Gasteiger partial charge in [0, 0.05) is 0 Å². The lowest BCUT2D eigenvalue weighted by Crippen LogP contribution is -2.21. The Labute approximate surface area is 113 Å². The van der Waals surface area contributed by atoms with Crippen LogP contribution in [0.3, 0.4) is 0 Å². The molecule has 1 aromatic carbocycles. The average molecular weight is 267 g/mol. The van der Waals surface area contributed by atoms with E-state index in [0.29, 0.717) is 6.42 Å². The van der Waals surface area contributed by atoms with Crippen molar-refractivity contribution in [2.45, 2.75) is 18.1 Å². The van der Waals surface area contributed by atoms with Crippen molar-refractivity contribution in [1.29, 1.82) is 0 Å². The van der Waals surface area contributed by atoms with Crippen LogP contribution in [-0.4, -0.2) is 47.6 Å². The summed E-state index contributed by atoms with van der Waals surface area (Å²) in [6, 6.07) is 9.81. The quantitative estimate of drug-likeness (QED) is 0.734. The largest absolute Gasteiger partial charge is 0.480 e. The molecule has 1 rings (SSSR count). The van der Waals surface area contributed by atoms with Crippen LogP contribution in [0.1, 0.15) is 12.0 Å². The molecule has 1 N–H and O–H groups in total. The number of hydrogen-bond acceptors (Lipinski definition) is 3. The Hall–Kier alpha value is -1.00. The van der Waals surface area contributed by atoms with Gasteiger partial charge in [-0.2, -0.15) is 0 Å². The van der Waals surface area contributed by atoms with E-state index >= 15 is 0 Å². The Kier molecular flexibility index (Phi) is 6.83. The summed E-state index contributed by atoms with van der Waals surface area (Å²) in [7, 11) is 4.06. The number of hydrogen-bond donors (Lipinski definition) is 1. The van der Waals surface area contributed by atoms with Crippen molar-refractivity contribution in [3.8, 4) is 0 Å². The number of thioether (sulfide) groups is 1. The van der Waals surface area contributed by atoms with Gasteiger partial charge < -0.3 is 10.0 Å². The minimum absolute atomic E-state index is 0.338. The summed E-state index contributed by atoms with van der Waals surface area (Å²) in [4.78, 5) is 13.3. The molecule has 0 radical (unpaired) electrons. The molecule has 4 heteroatoms. The second-order valence-electron chi connectivity index (χ2n) is 4.54. The lowest BCUT2D eigenvalue weighted by Gasteiger charge is -2.13. The predicted molar refractivity (Wildman–Crippen MR) is 77.2 cm³/mol. The molecular weight excluding hydrogens is 246 g/mol. The molecular formula is C14H21NO2S. The summed E-state index contributed by atoms with van der Waals surface area (Å²) in [5.41, 5.74) is 1.09. The molecule has 0 saturated heterocycles. The maximum atomic E-state index is 11.2. The normalized spacial score (nSPS) is 12.6. The highest BCUT2D eigenvalue weighted by atomic mass is 32.2. The van der Waals surface area contributed by atoms with E-state index in [2.05, 4.69) is 4.90 Å². The van der Waals surface area contributed by atoms with Crippen LogP contribution in [0.5, 0.6) is 0 Å². The minimum Gasteiger partial charge on any atom is -0.480 e. The van der Waals surface area contributed by atoms with Gasteiger partial charge in [0.15, 0.2) is 0 Å². The molecule has 3 nitrogen and oxygen atoms in total. The van der Waals surface area contributed by atoms with Crippen LogP contribution in [-0.2, 0) is 11.2 Å². The van der Waals surface area contributed by atoms with Crippen LogP contribution >= 0.6 is 11.8 Å². The number of carbonyl (C=O) groups is 1.